The zero-order valence-corrected chi connectivity index (χ0v) is 32.3. The maximum atomic E-state index is 14.7. The Morgan fingerprint density at radius 1 is 1.02 bits per heavy atom. The molecule has 1 aliphatic carbocycles. The second kappa shape index (κ2) is 15.1. The summed E-state index contributed by atoms with van der Waals surface area (Å²) in [5.74, 6) is -4.88. The number of phenols is 2. The third kappa shape index (κ3) is 6.46. The molecule has 9 atom stereocenters. The van der Waals surface area contributed by atoms with Crippen molar-refractivity contribution in [2.24, 2.45) is 15.9 Å². The second-order valence-corrected chi connectivity index (χ2v) is 16.6. The molecule has 0 aromatic heterocycles. The third-order valence-corrected chi connectivity index (χ3v) is 13.5. The van der Waals surface area contributed by atoms with Crippen LogP contribution in [-0.2, 0) is 32.6 Å². The van der Waals surface area contributed by atoms with Crippen LogP contribution in [0.15, 0.2) is 64.6 Å². The number of aliphatic hydroxyl groups is 4. The first-order valence-corrected chi connectivity index (χ1v) is 20.3. The van der Waals surface area contributed by atoms with Gasteiger partial charge < -0.3 is 50.5 Å². The number of carboxylic acids is 1. The average molecular weight is 809 g/mol. The van der Waals surface area contributed by atoms with Gasteiger partial charge in [0.05, 0.1) is 18.0 Å². The van der Waals surface area contributed by atoms with Gasteiger partial charge in [0.1, 0.15) is 42.9 Å². The Hall–Kier alpha value is -5.32. The van der Waals surface area contributed by atoms with E-state index in [4.69, 9.17) is 9.47 Å². The van der Waals surface area contributed by atoms with Gasteiger partial charge in [-0.2, -0.15) is 0 Å². The molecule has 59 heavy (non-hydrogen) atoms. The standard InChI is InChI=1S/C44H48N4O11/c49-21-34-38(53)39(54)41(55)44(58-34)14-12-27-36-28(17-33(51)40(27)59-44)29(18-43-13-4-3-5-25(43)19-46-31-7-2-1-6-30(31)43)37(42(56)57)48(36)35(52)11-9-23-8-10-32(50)24(15-23)16-26-20-45-22-47-26/h1-2,6-11,15,17,20,25,29,34,37-39,41,46,49-51,53-55H,3-5,12-14,16,18-19,21-22H2,(H,56,57). The van der Waals surface area contributed by atoms with Crippen molar-refractivity contribution in [2.45, 2.75) is 98.9 Å². The van der Waals surface area contributed by atoms with Crippen LogP contribution in [0.5, 0.6) is 17.2 Å². The zero-order chi connectivity index (χ0) is 41.2. The van der Waals surface area contributed by atoms with E-state index >= 15 is 0 Å². The van der Waals surface area contributed by atoms with E-state index in [1.54, 1.807) is 24.4 Å². The van der Waals surface area contributed by atoms with Gasteiger partial charge in [0, 0.05) is 59.8 Å². The van der Waals surface area contributed by atoms with Gasteiger partial charge in [-0.3, -0.25) is 19.7 Å². The molecule has 6 aliphatic rings. The van der Waals surface area contributed by atoms with Crippen LogP contribution in [-0.4, -0.2) is 116 Å². The lowest BCUT2D eigenvalue weighted by molar-refractivity contribution is -0.342. The Labute approximate surface area is 340 Å². The number of hydrogen-bond acceptors (Lipinski definition) is 13. The number of para-hydroxylation sites is 1. The fourth-order valence-electron chi connectivity index (χ4n) is 10.6. The Balaban J connectivity index is 1.15. The number of carboxylic acid groups (broad SMARTS) is 1. The van der Waals surface area contributed by atoms with Crippen LogP contribution in [0.1, 0.15) is 72.3 Å². The van der Waals surface area contributed by atoms with Gasteiger partial charge in [-0.15, -0.1) is 0 Å². The number of benzene rings is 3. The highest BCUT2D eigenvalue weighted by Crippen LogP contribution is 2.60. The Morgan fingerprint density at radius 2 is 1.85 bits per heavy atom. The number of fused-ring (bicyclic) bond motifs is 6. The summed E-state index contributed by atoms with van der Waals surface area (Å²) in [6, 6.07) is 13.1. The number of ether oxygens (including phenoxy) is 2. The van der Waals surface area contributed by atoms with Crippen LogP contribution in [0.3, 0.4) is 0 Å². The number of aliphatic carboxylic acids is 1. The van der Waals surface area contributed by atoms with Gasteiger partial charge in [0.2, 0.25) is 5.79 Å². The Kier molecular flexibility index (Phi) is 9.99. The summed E-state index contributed by atoms with van der Waals surface area (Å²) in [5.41, 5.74) is 4.63. The molecule has 0 radical (unpaired) electrons. The smallest absolute Gasteiger partial charge is 0.327 e. The maximum Gasteiger partial charge on any atom is 0.327 e. The lowest BCUT2D eigenvalue weighted by Gasteiger charge is -2.50. The van der Waals surface area contributed by atoms with Crippen LogP contribution >= 0.6 is 0 Å². The second-order valence-electron chi connectivity index (χ2n) is 16.6. The van der Waals surface area contributed by atoms with E-state index in [0.29, 0.717) is 47.5 Å². The SMILES string of the molecule is O=C(O)C1C(CC23CCCCC2CNc2ccccc23)c2cc(O)c3c(c2N1C(=O)C=Cc1ccc(O)c(CC2=NCN=C2)c1)CCC1(O3)OC(CO)C(O)C(O)C1O. The van der Waals surface area contributed by atoms with E-state index in [2.05, 4.69) is 21.4 Å². The molecular weight excluding hydrogens is 761 g/mol. The number of amides is 1. The molecule has 0 bridgehead atoms. The number of phenolic OH excluding ortho intramolecular Hbond substituents is 2. The molecule has 8 N–H and O–H groups in total. The van der Waals surface area contributed by atoms with Gasteiger partial charge >= 0.3 is 5.97 Å². The monoisotopic (exact) mass is 808 g/mol. The Morgan fingerprint density at radius 3 is 2.63 bits per heavy atom. The molecular formula is C44H48N4O11. The number of hydrogen-bond donors (Lipinski definition) is 8. The normalized spacial score (nSPS) is 31.8. The number of carbonyl (C=O) groups excluding carboxylic acids is 1. The minimum absolute atomic E-state index is 0.00563. The van der Waals surface area contributed by atoms with Crippen molar-refractivity contribution >= 4 is 41.3 Å². The van der Waals surface area contributed by atoms with E-state index in [9.17, 15) is 45.3 Å². The summed E-state index contributed by atoms with van der Waals surface area (Å²) in [7, 11) is 0. The zero-order valence-electron chi connectivity index (χ0n) is 32.3. The van der Waals surface area contributed by atoms with Gasteiger partial charge in [0.25, 0.3) is 5.91 Å². The van der Waals surface area contributed by atoms with Gasteiger partial charge in [-0.05, 0) is 78.6 Å². The number of aliphatic imine (C=N–C) groups is 2. The van der Waals surface area contributed by atoms with Crippen molar-refractivity contribution in [3.63, 3.8) is 0 Å². The molecule has 2 fully saturated rings. The van der Waals surface area contributed by atoms with E-state index < -0.39 is 66.1 Å². The summed E-state index contributed by atoms with van der Waals surface area (Å²) in [6.45, 7) is 0.355. The van der Waals surface area contributed by atoms with E-state index in [1.807, 2.05) is 18.2 Å². The van der Waals surface area contributed by atoms with Gasteiger partial charge in [-0.25, -0.2) is 4.79 Å². The number of anilines is 2. The first-order chi connectivity index (χ1) is 28.4. The summed E-state index contributed by atoms with van der Waals surface area (Å²) in [6.07, 6.45) is 2.40. The van der Waals surface area contributed by atoms with Crippen LogP contribution in [0.2, 0.25) is 0 Å². The molecule has 5 heterocycles. The van der Waals surface area contributed by atoms with Crippen LogP contribution in [0.25, 0.3) is 6.08 Å². The minimum Gasteiger partial charge on any atom is -0.508 e. The molecule has 15 nitrogen and oxygen atoms in total. The molecule has 1 saturated heterocycles. The molecule has 9 rings (SSSR count). The average Bonchev–Trinajstić information content (AvgIpc) is 3.87. The number of carbonyl (C=O) groups is 2. The Bertz CT molecular complexity index is 2280. The molecule has 9 unspecified atom stereocenters. The molecule has 310 valence electrons. The topological polar surface area (TPSA) is 234 Å². The fraction of sp³-hybridized carbons (Fsp3) is 0.455. The quantitative estimate of drug-likeness (QED) is 0.153. The fourth-order valence-corrected chi connectivity index (χ4v) is 10.6. The molecule has 1 saturated carbocycles. The number of nitrogens with one attached hydrogen (secondary N) is 1. The van der Waals surface area contributed by atoms with Gasteiger partial charge in [0.15, 0.2) is 11.5 Å². The van der Waals surface area contributed by atoms with E-state index in [0.717, 1.165) is 43.5 Å². The third-order valence-electron chi connectivity index (χ3n) is 13.5. The molecule has 3 aromatic rings. The van der Waals surface area contributed by atoms with Gasteiger partial charge in [-0.1, -0.05) is 37.1 Å². The predicted molar refractivity (Wildman–Crippen MR) is 216 cm³/mol. The predicted octanol–water partition coefficient (Wildman–Crippen LogP) is 3.16. The first kappa shape index (κ1) is 39.2. The lowest BCUT2D eigenvalue weighted by Crippen LogP contribution is -2.68. The molecule has 15 heteroatoms. The number of nitrogens with zero attached hydrogens (tertiary/aromatic N) is 3. The highest BCUT2D eigenvalue weighted by molar-refractivity contribution is 6.32. The maximum absolute atomic E-state index is 14.7. The lowest BCUT2D eigenvalue weighted by atomic mass is 9.56. The number of rotatable bonds is 8. The number of aliphatic hydroxyl groups excluding tert-OH is 4. The highest BCUT2D eigenvalue weighted by Gasteiger charge is 2.59. The van der Waals surface area contributed by atoms with Crippen molar-refractivity contribution in [3.05, 3.63) is 82.4 Å². The first-order valence-electron chi connectivity index (χ1n) is 20.3. The van der Waals surface area contributed by atoms with Crippen molar-refractivity contribution in [1.29, 1.82) is 0 Å². The van der Waals surface area contributed by atoms with Crippen molar-refractivity contribution in [3.8, 4) is 17.2 Å². The van der Waals surface area contributed by atoms with Crippen LogP contribution in [0, 0.1) is 5.92 Å². The van der Waals surface area contributed by atoms with Crippen LogP contribution in [0.4, 0.5) is 11.4 Å². The molecule has 3 aromatic carbocycles. The van der Waals surface area contributed by atoms with Crippen molar-refractivity contribution < 1.29 is 54.8 Å². The van der Waals surface area contributed by atoms with E-state index in [-0.39, 0.29) is 41.7 Å². The van der Waals surface area contributed by atoms with Crippen LogP contribution < -0.4 is 15.0 Å². The minimum atomic E-state index is -1.98. The largest absolute Gasteiger partial charge is 0.508 e. The highest BCUT2D eigenvalue weighted by atomic mass is 16.7. The van der Waals surface area contributed by atoms with Crippen molar-refractivity contribution in [2.75, 3.05) is 30.0 Å². The molecule has 5 aliphatic heterocycles. The molecule has 1 spiro atoms. The summed E-state index contributed by atoms with van der Waals surface area (Å²) in [5, 5.41) is 79.6. The summed E-state index contributed by atoms with van der Waals surface area (Å²) in [4.78, 5) is 38.2. The summed E-state index contributed by atoms with van der Waals surface area (Å²) >= 11 is 0. The molecule has 1 amide bonds. The van der Waals surface area contributed by atoms with E-state index in [1.165, 1.54) is 23.1 Å². The summed E-state index contributed by atoms with van der Waals surface area (Å²) < 4.78 is 12.2. The van der Waals surface area contributed by atoms with Crippen molar-refractivity contribution in [1.82, 2.24) is 0 Å². The number of aromatic hydroxyl groups is 2.